The summed E-state index contributed by atoms with van der Waals surface area (Å²) in [5.41, 5.74) is 3.09. The predicted molar refractivity (Wildman–Crippen MR) is 102 cm³/mol. The molecule has 5 nitrogen and oxygen atoms in total. The topological polar surface area (TPSA) is 45.7 Å². The van der Waals surface area contributed by atoms with Crippen LogP contribution in [0.1, 0.15) is 45.5 Å². The summed E-state index contributed by atoms with van der Waals surface area (Å²) in [6, 6.07) is 8.33. The van der Waals surface area contributed by atoms with Crippen LogP contribution >= 0.6 is 11.3 Å². The first-order valence-corrected chi connectivity index (χ1v) is 10.2. The van der Waals surface area contributed by atoms with Gasteiger partial charge in [-0.1, -0.05) is 12.1 Å². The van der Waals surface area contributed by atoms with E-state index in [2.05, 4.69) is 27.4 Å². The Bertz CT molecular complexity index is 753. The first kappa shape index (κ1) is 17.6. The molecule has 1 amide bonds. The number of rotatable bonds is 4. The van der Waals surface area contributed by atoms with E-state index in [0.29, 0.717) is 6.61 Å². The van der Waals surface area contributed by atoms with Crippen molar-refractivity contribution in [3.05, 3.63) is 51.5 Å². The zero-order valence-corrected chi connectivity index (χ0v) is 16.0. The Balaban J connectivity index is 1.44. The van der Waals surface area contributed by atoms with Crippen molar-refractivity contribution in [3.8, 4) is 0 Å². The second kappa shape index (κ2) is 7.86. The molecule has 2 saturated heterocycles. The molecule has 0 saturated carbocycles. The SMILES string of the molecule is Cc1csc(C2COCCN2Cc2ccc(C(=O)N3CCCC3)cc2)n1. The maximum absolute atomic E-state index is 12.5. The highest BCUT2D eigenvalue weighted by Gasteiger charge is 2.27. The maximum atomic E-state index is 12.5. The van der Waals surface area contributed by atoms with E-state index in [1.165, 1.54) is 5.56 Å². The largest absolute Gasteiger partial charge is 0.378 e. The van der Waals surface area contributed by atoms with Gasteiger partial charge in [0, 0.05) is 42.8 Å². The number of aromatic nitrogens is 1. The van der Waals surface area contributed by atoms with Gasteiger partial charge in [-0.05, 0) is 37.5 Å². The molecule has 1 atom stereocenters. The quantitative estimate of drug-likeness (QED) is 0.828. The lowest BCUT2D eigenvalue weighted by molar-refractivity contribution is -0.0128. The first-order chi connectivity index (χ1) is 12.7. The number of carbonyl (C=O) groups is 1. The smallest absolute Gasteiger partial charge is 0.253 e. The lowest BCUT2D eigenvalue weighted by atomic mass is 10.1. The van der Waals surface area contributed by atoms with E-state index in [0.717, 1.165) is 61.9 Å². The average molecular weight is 372 g/mol. The number of ether oxygens (including phenoxy) is 1. The Hall–Kier alpha value is -1.76. The van der Waals surface area contributed by atoms with E-state index in [-0.39, 0.29) is 11.9 Å². The van der Waals surface area contributed by atoms with Crippen molar-refractivity contribution in [1.82, 2.24) is 14.8 Å². The van der Waals surface area contributed by atoms with E-state index >= 15 is 0 Å². The van der Waals surface area contributed by atoms with Crippen molar-refractivity contribution in [2.24, 2.45) is 0 Å². The van der Waals surface area contributed by atoms with Crippen molar-refractivity contribution in [2.75, 3.05) is 32.8 Å². The number of thiazole rings is 1. The second-order valence-electron chi connectivity index (χ2n) is 7.08. The van der Waals surface area contributed by atoms with E-state index in [1.807, 2.05) is 24.0 Å². The van der Waals surface area contributed by atoms with Gasteiger partial charge in [0.1, 0.15) is 5.01 Å². The molecular formula is C20H25N3O2S. The van der Waals surface area contributed by atoms with Crippen LogP contribution in [0.5, 0.6) is 0 Å². The van der Waals surface area contributed by atoms with Gasteiger partial charge in [-0.2, -0.15) is 0 Å². The summed E-state index contributed by atoms with van der Waals surface area (Å²) in [5, 5.41) is 3.23. The van der Waals surface area contributed by atoms with Crippen molar-refractivity contribution < 1.29 is 9.53 Å². The molecule has 2 fully saturated rings. The lowest BCUT2D eigenvalue weighted by Gasteiger charge is -2.34. The molecule has 3 heterocycles. The summed E-state index contributed by atoms with van der Waals surface area (Å²) in [5.74, 6) is 0.163. The van der Waals surface area contributed by atoms with Gasteiger partial charge in [0.05, 0.1) is 19.3 Å². The summed E-state index contributed by atoms with van der Waals surface area (Å²) in [4.78, 5) is 21.5. The second-order valence-corrected chi connectivity index (χ2v) is 7.97. The molecule has 1 aromatic carbocycles. The lowest BCUT2D eigenvalue weighted by Crippen LogP contribution is -2.39. The summed E-state index contributed by atoms with van der Waals surface area (Å²) < 4.78 is 5.70. The Morgan fingerprint density at radius 1 is 1.23 bits per heavy atom. The average Bonchev–Trinajstić information content (AvgIpc) is 3.34. The summed E-state index contributed by atoms with van der Waals surface area (Å²) in [6.45, 7) is 7.02. The molecule has 0 spiro atoms. The zero-order chi connectivity index (χ0) is 17.9. The molecule has 1 aromatic heterocycles. The number of hydrogen-bond acceptors (Lipinski definition) is 5. The third kappa shape index (κ3) is 3.82. The molecule has 138 valence electrons. The third-order valence-electron chi connectivity index (χ3n) is 5.14. The van der Waals surface area contributed by atoms with Gasteiger partial charge in [-0.3, -0.25) is 9.69 Å². The van der Waals surface area contributed by atoms with Crippen LogP contribution in [0.4, 0.5) is 0 Å². The molecule has 26 heavy (non-hydrogen) atoms. The van der Waals surface area contributed by atoms with Gasteiger partial charge < -0.3 is 9.64 Å². The fourth-order valence-corrected chi connectivity index (χ4v) is 4.58. The molecule has 2 aliphatic heterocycles. The summed E-state index contributed by atoms with van der Waals surface area (Å²) in [7, 11) is 0. The number of carbonyl (C=O) groups excluding carboxylic acids is 1. The molecule has 2 aliphatic rings. The standard InChI is InChI=1S/C20H25N3O2S/c1-15-14-26-19(21-15)18-13-25-11-10-23(18)12-16-4-6-17(7-5-16)20(24)22-8-2-3-9-22/h4-7,14,18H,2-3,8-13H2,1H3. The van der Waals surface area contributed by atoms with Crippen LogP contribution in [0.3, 0.4) is 0 Å². The fourth-order valence-electron chi connectivity index (χ4n) is 3.67. The molecule has 2 aromatic rings. The molecule has 0 radical (unpaired) electrons. The molecule has 4 rings (SSSR count). The van der Waals surface area contributed by atoms with E-state index in [9.17, 15) is 4.79 Å². The normalized spacial score (nSPS) is 21.3. The summed E-state index contributed by atoms with van der Waals surface area (Å²) in [6.07, 6.45) is 2.25. The number of aryl methyl sites for hydroxylation is 1. The highest BCUT2D eigenvalue weighted by Crippen LogP contribution is 2.28. The van der Waals surface area contributed by atoms with Crippen LogP contribution in [-0.2, 0) is 11.3 Å². The highest BCUT2D eigenvalue weighted by atomic mass is 32.1. The number of morpholine rings is 1. The highest BCUT2D eigenvalue weighted by molar-refractivity contribution is 7.09. The monoisotopic (exact) mass is 371 g/mol. The summed E-state index contributed by atoms with van der Waals surface area (Å²) >= 11 is 1.71. The van der Waals surface area contributed by atoms with Gasteiger partial charge in [0.2, 0.25) is 0 Å². The van der Waals surface area contributed by atoms with Crippen molar-refractivity contribution in [3.63, 3.8) is 0 Å². The van der Waals surface area contributed by atoms with E-state index in [1.54, 1.807) is 11.3 Å². The van der Waals surface area contributed by atoms with Crippen LogP contribution in [0.2, 0.25) is 0 Å². The van der Waals surface area contributed by atoms with E-state index < -0.39 is 0 Å². The molecule has 0 N–H and O–H groups in total. The first-order valence-electron chi connectivity index (χ1n) is 9.33. The van der Waals surface area contributed by atoms with Gasteiger partial charge in [-0.15, -0.1) is 11.3 Å². The van der Waals surface area contributed by atoms with Crippen LogP contribution in [0, 0.1) is 6.92 Å². The van der Waals surface area contributed by atoms with Gasteiger partial charge in [0.25, 0.3) is 5.91 Å². The predicted octanol–water partition coefficient (Wildman–Crippen LogP) is 3.26. The zero-order valence-electron chi connectivity index (χ0n) is 15.2. The fraction of sp³-hybridized carbons (Fsp3) is 0.500. The maximum Gasteiger partial charge on any atom is 0.253 e. The molecule has 6 heteroatoms. The van der Waals surface area contributed by atoms with Crippen LogP contribution in [0.25, 0.3) is 0 Å². The molecular weight excluding hydrogens is 346 g/mol. The minimum Gasteiger partial charge on any atom is -0.378 e. The number of hydrogen-bond donors (Lipinski definition) is 0. The number of benzene rings is 1. The minimum atomic E-state index is 0.163. The van der Waals surface area contributed by atoms with Crippen molar-refractivity contribution >= 4 is 17.2 Å². The Morgan fingerprint density at radius 3 is 2.69 bits per heavy atom. The molecule has 1 unspecified atom stereocenters. The van der Waals surface area contributed by atoms with Crippen molar-refractivity contribution in [1.29, 1.82) is 0 Å². The number of nitrogens with zero attached hydrogens (tertiary/aromatic N) is 3. The third-order valence-corrected chi connectivity index (χ3v) is 6.20. The number of likely N-dealkylation sites (tertiary alicyclic amines) is 1. The molecule has 0 bridgehead atoms. The van der Waals surface area contributed by atoms with Gasteiger partial charge in [-0.25, -0.2) is 4.98 Å². The van der Waals surface area contributed by atoms with Crippen LogP contribution in [0.15, 0.2) is 29.6 Å². The Labute approximate surface area is 158 Å². The Kier molecular flexibility index (Phi) is 5.33. The molecule has 0 aliphatic carbocycles. The van der Waals surface area contributed by atoms with Crippen LogP contribution in [-0.4, -0.2) is 53.5 Å². The number of amides is 1. The van der Waals surface area contributed by atoms with Gasteiger partial charge >= 0.3 is 0 Å². The Morgan fingerprint density at radius 2 is 2.00 bits per heavy atom. The van der Waals surface area contributed by atoms with E-state index in [4.69, 9.17) is 4.74 Å². The van der Waals surface area contributed by atoms with Gasteiger partial charge in [0.15, 0.2) is 0 Å². The minimum absolute atomic E-state index is 0.163. The van der Waals surface area contributed by atoms with Crippen LogP contribution < -0.4 is 0 Å². The van der Waals surface area contributed by atoms with Crippen molar-refractivity contribution in [2.45, 2.75) is 32.4 Å².